The Morgan fingerprint density at radius 2 is 2.19 bits per heavy atom. The molecule has 1 fully saturated rings. The molecule has 0 saturated carbocycles. The number of rotatable bonds is 6. The third kappa shape index (κ3) is 3.34. The predicted octanol–water partition coefficient (Wildman–Crippen LogP) is 2.39. The molecule has 9 heteroatoms. The third-order valence-electron chi connectivity index (χ3n) is 4.27. The predicted molar refractivity (Wildman–Crippen MR) is 94.0 cm³/mol. The molecule has 1 aliphatic carbocycles. The Labute approximate surface area is 151 Å². The van der Waals surface area contributed by atoms with E-state index >= 15 is 0 Å². The maximum absolute atomic E-state index is 13.8. The van der Waals surface area contributed by atoms with Crippen molar-refractivity contribution in [1.29, 1.82) is 0 Å². The van der Waals surface area contributed by atoms with Crippen LogP contribution in [0.25, 0.3) is 5.76 Å². The van der Waals surface area contributed by atoms with Crippen molar-refractivity contribution in [3.63, 3.8) is 0 Å². The van der Waals surface area contributed by atoms with Crippen molar-refractivity contribution in [3.05, 3.63) is 41.5 Å². The summed E-state index contributed by atoms with van der Waals surface area (Å²) in [5.41, 5.74) is 1.82. The first-order valence-corrected chi connectivity index (χ1v) is 9.92. The van der Waals surface area contributed by atoms with Crippen LogP contribution in [0, 0.1) is 0 Å². The summed E-state index contributed by atoms with van der Waals surface area (Å²) in [4.78, 5) is 24.2. The summed E-state index contributed by atoms with van der Waals surface area (Å²) in [5, 5.41) is 9.30. The lowest BCUT2D eigenvalue weighted by atomic mass is 9.96. The fourth-order valence-electron chi connectivity index (χ4n) is 3.06. The Bertz CT molecular complexity index is 793. The molecule has 2 amide bonds. The molecule has 1 aromatic carbocycles. The van der Waals surface area contributed by atoms with E-state index in [1.807, 2.05) is 24.3 Å². The summed E-state index contributed by atoms with van der Waals surface area (Å²) in [5.74, 6) is -0.203. The Morgan fingerprint density at radius 1 is 1.42 bits per heavy atom. The second kappa shape index (κ2) is 7.51. The number of amides is 2. The maximum Gasteiger partial charge on any atom is 0.456 e. The second-order valence-electron chi connectivity index (χ2n) is 5.95. The Morgan fingerprint density at radius 3 is 2.85 bits per heavy atom. The number of aliphatic hydroxyl groups excluding tert-OH is 1. The van der Waals surface area contributed by atoms with Gasteiger partial charge in [-0.1, -0.05) is 24.3 Å². The maximum atomic E-state index is 13.8. The van der Waals surface area contributed by atoms with Crippen molar-refractivity contribution >= 4 is 25.4 Å². The molecule has 1 saturated heterocycles. The molecule has 0 bridgehead atoms. The van der Waals surface area contributed by atoms with Gasteiger partial charge in [0.2, 0.25) is 5.91 Å². The van der Waals surface area contributed by atoms with E-state index in [9.17, 15) is 19.3 Å². The van der Waals surface area contributed by atoms with Crippen molar-refractivity contribution in [2.75, 3.05) is 26.3 Å². The van der Waals surface area contributed by atoms with E-state index in [1.54, 1.807) is 6.08 Å². The average molecular weight is 380 g/mol. The van der Waals surface area contributed by atoms with Crippen LogP contribution >= 0.6 is 7.67 Å². The number of cyclic esters (lactones) is 1. The minimum absolute atomic E-state index is 0.0419. The fourth-order valence-corrected chi connectivity index (χ4v) is 5.25. The van der Waals surface area contributed by atoms with Crippen molar-refractivity contribution in [2.45, 2.75) is 19.8 Å². The summed E-state index contributed by atoms with van der Waals surface area (Å²) in [6.45, 7) is 0.694. The first-order valence-electron chi connectivity index (χ1n) is 8.39. The van der Waals surface area contributed by atoms with Gasteiger partial charge in [0, 0.05) is 12.5 Å². The molecular formula is C17H21N2O6P. The monoisotopic (exact) mass is 380 g/mol. The van der Waals surface area contributed by atoms with Crippen LogP contribution in [0.3, 0.4) is 0 Å². The lowest BCUT2D eigenvalue weighted by Gasteiger charge is -2.35. The highest BCUT2D eigenvalue weighted by Gasteiger charge is 2.48. The van der Waals surface area contributed by atoms with Crippen LogP contribution in [0.15, 0.2) is 30.3 Å². The van der Waals surface area contributed by atoms with Crippen molar-refractivity contribution < 1.29 is 28.5 Å². The van der Waals surface area contributed by atoms with E-state index in [-0.39, 0.29) is 19.7 Å². The molecule has 3 rings (SSSR count). The van der Waals surface area contributed by atoms with E-state index in [1.165, 1.54) is 6.92 Å². The summed E-state index contributed by atoms with van der Waals surface area (Å²) < 4.78 is 26.4. The number of carbonyl (C=O) groups is 2. The standard InChI is InChI=1S/C17H21N2O6P/c1-13(21)18(9-11-20)26(23,19-10-12-24-17(19)22)25-16-8-4-6-14-5-2-3-7-15(14)16/h2-3,5,7-8,20H,4,6,9-12H2,1H3. The summed E-state index contributed by atoms with van der Waals surface area (Å²) in [6, 6.07) is 7.55. The van der Waals surface area contributed by atoms with Gasteiger partial charge in [-0.05, 0) is 24.5 Å². The average Bonchev–Trinajstić information content (AvgIpc) is 3.06. The van der Waals surface area contributed by atoms with Gasteiger partial charge in [0.05, 0.1) is 19.7 Å². The molecule has 0 radical (unpaired) electrons. The lowest BCUT2D eigenvalue weighted by molar-refractivity contribution is -0.125. The number of aryl methyl sites for hydroxylation is 1. The van der Waals surface area contributed by atoms with Crippen molar-refractivity contribution in [1.82, 2.24) is 9.34 Å². The highest BCUT2D eigenvalue weighted by atomic mass is 31.2. The van der Waals surface area contributed by atoms with Crippen molar-refractivity contribution in [3.8, 4) is 0 Å². The number of nitrogens with zero attached hydrogens (tertiary/aromatic N) is 2. The zero-order valence-corrected chi connectivity index (χ0v) is 15.4. The first-order chi connectivity index (χ1) is 12.5. The van der Waals surface area contributed by atoms with Gasteiger partial charge in [0.15, 0.2) is 0 Å². The van der Waals surface area contributed by atoms with Gasteiger partial charge in [-0.15, -0.1) is 0 Å². The van der Waals surface area contributed by atoms with Crippen LogP contribution in [0.4, 0.5) is 4.79 Å². The molecule has 1 atom stereocenters. The number of aliphatic hydroxyl groups is 1. The van der Waals surface area contributed by atoms with Crippen molar-refractivity contribution in [2.24, 2.45) is 0 Å². The van der Waals surface area contributed by atoms with Gasteiger partial charge in [-0.25, -0.2) is 18.7 Å². The number of benzene rings is 1. The molecule has 1 heterocycles. The SMILES string of the molecule is CC(=O)N(CCO)P(=O)(OC1=CCCc2ccccc21)N1CCOC1=O. The third-order valence-corrected chi connectivity index (χ3v) is 6.77. The smallest absolute Gasteiger partial charge is 0.447 e. The van der Waals surface area contributed by atoms with E-state index in [2.05, 4.69) is 0 Å². The highest BCUT2D eigenvalue weighted by Crippen LogP contribution is 2.58. The fraction of sp³-hybridized carbons (Fsp3) is 0.412. The van der Waals surface area contributed by atoms with Gasteiger partial charge in [0.25, 0.3) is 0 Å². The number of carbonyl (C=O) groups excluding carboxylic acids is 2. The Balaban J connectivity index is 2.01. The molecule has 140 valence electrons. The number of allylic oxidation sites excluding steroid dienone is 1. The minimum Gasteiger partial charge on any atom is -0.447 e. The molecule has 1 aromatic rings. The van der Waals surface area contributed by atoms with Crippen LogP contribution in [0.2, 0.25) is 0 Å². The van der Waals surface area contributed by atoms with Gasteiger partial charge >= 0.3 is 13.8 Å². The normalized spacial score (nSPS) is 18.5. The van der Waals surface area contributed by atoms with E-state index in [0.717, 1.165) is 26.9 Å². The first kappa shape index (κ1) is 18.5. The molecule has 1 N–H and O–H groups in total. The molecule has 1 unspecified atom stereocenters. The van der Waals surface area contributed by atoms with Crippen LogP contribution in [0.5, 0.6) is 0 Å². The van der Waals surface area contributed by atoms with Gasteiger partial charge in [-0.2, -0.15) is 0 Å². The lowest BCUT2D eigenvalue weighted by Crippen LogP contribution is -2.37. The number of hydrogen-bond acceptors (Lipinski definition) is 6. The molecule has 0 aromatic heterocycles. The van der Waals surface area contributed by atoms with Crippen LogP contribution < -0.4 is 0 Å². The highest BCUT2D eigenvalue weighted by molar-refractivity contribution is 7.55. The quantitative estimate of drug-likeness (QED) is 0.762. The molecular weight excluding hydrogens is 359 g/mol. The molecule has 8 nitrogen and oxygen atoms in total. The van der Waals surface area contributed by atoms with E-state index < -0.39 is 26.3 Å². The zero-order valence-electron chi connectivity index (χ0n) is 14.5. The Hall–Kier alpha value is -2.31. The molecule has 0 spiro atoms. The Kier molecular flexibility index (Phi) is 5.34. The van der Waals surface area contributed by atoms with Gasteiger partial charge in [0.1, 0.15) is 12.4 Å². The second-order valence-corrected chi connectivity index (χ2v) is 8.08. The van der Waals surface area contributed by atoms with E-state index in [0.29, 0.717) is 12.2 Å². The van der Waals surface area contributed by atoms with Crippen LogP contribution in [-0.2, 0) is 25.0 Å². The summed E-state index contributed by atoms with van der Waals surface area (Å²) in [6.07, 6.45) is 2.51. The molecule has 26 heavy (non-hydrogen) atoms. The molecule has 2 aliphatic rings. The van der Waals surface area contributed by atoms with Crippen LogP contribution in [0.1, 0.15) is 24.5 Å². The van der Waals surface area contributed by atoms with Gasteiger partial charge < -0.3 is 14.4 Å². The largest absolute Gasteiger partial charge is 0.456 e. The minimum atomic E-state index is -4.12. The number of hydrogen-bond donors (Lipinski definition) is 1. The number of ether oxygens (including phenoxy) is 1. The topological polar surface area (TPSA) is 96.4 Å². The zero-order chi connectivity index (χ0) is 18.7. The van der Waals surface area contributed by atoms with Crippen LogP contribution in [-0.4, -0.2) is 52.8 Å². The van der Waals surface area contributed by atoms with E-state index in [4.69, 9.17) is 9.26 Å². The summed E-state index contributed by atoms with van der Waals surface area (Å²) in [7, 11) is -4.12. The molecule has 1 aliphatic heterocycles. The number of fused-ring (bicyclic) bond motifs is 1. The van der Waals surface area contributed by atoms with Gasteiger partial charge in [-0.3, -0.25) is 4.79 Å². The summed E-state index contributed by atoms with van der Waals surface area (Å²) >= 11 is 0.